The van der Waals surface area contributed by atoms with E-state index >= 15 is 0 Å². The number of amides is 2. The molecule has 0 atom stereocenters. The number of aromatic hydroxyl groups is 1. The number of benzene rings is 2. The highest BCUT2D eigenvalue weighted by molar-refractivity contribution is 8.18. The molecule has 1 aliphatic rings. The van der Waals surface area contributed by atoms with E-state index in [1.807, 2.05) is 6.92 Å². The Morgan fingerprint density at radius 2 is 1.96 bits per heavy atom. The monoisotopic (exact) mass is 419 g/mol. The highest BCUT2D eigenvalue weighted by Crippen LogP contribution is 2.34. The topological polar surface area (TPSA) is 76.1 Å². The van der Waals surface area contributed by atoms with Gasteiger partial charge >= 0.3 is 0 Å². The molecule has 2 aromatic carbocycles. The Morgan fingerprint density at radius 3 is 2.71 bits per heavy atom. The summed E-state index contributed by atoms with van der Waals surface area (Å²) in [7, 11) is 0. The van der Waals surface area contributed by atoms with Gasteiger partial charge < -0.3 is 14.6 Å². The molecule has 1 heterocycles. The van der Waals surface area contributed by atoms with Gasteiger partial charge in [-0.25, -0.2) is 0 Å². The molecule has 2 aromatic rings. The number of halogens is 1. The summed E-state index contributed by atoms with van der Waals surface area (Å²) in [5.74, 6) is 0.625. The fourth-order valence-corrected chi connectivity index (χ4v) is 3.59. The van der Waals surface area contributed by atoms with Gasteiger partial charge in [0.1, 0.15) is 23.9 Å². The van der Waals surface area contributed by atoms with Gasteiger partial charge in [0.15, 0.2) is 0 Å². The average molecular weight is 420 g/mol. The van der Waals surface area contributed by atoms with Crippen LogP contribution in [0.3, 0.4) is 0 Å². The number of ether oxygens (including phenoxy) is 2. The van der Waals surface area contributed by atoms with Gasteiger partial charge in [0.2, 0.25) is 0 Å². The molecule has 1 fully saturated rings. The van der Waals surface area contributed by atoms with Crippen LogP contribution in [-0.4, -0.2) is 40.9 Å². The lowest BCUT2D eigenvalue weighted by atomic mass is 10.1. The fraction of sp³-hybridized carbons (Fsp3) is 0.200. The number of para-hydroxylation sites is 1. The van der Waals surface area contributed by atoms with E-state index in [1.54, 1.807) is 36.4 Å². The van der Waals surface area contributed by atoms with Crippen molar-refractivity contribution in [3.63, 3.8) is 0 Å². The standard InChI is InChI=1S/C20H18ClNO5S/c1-2-26-14-7-8-16(23)13(11-14)12-18-19(24)22(20(25)28-18)9-10-27-17-6-4-3-5-15(17)21/h3-8,11-12,23H,2,9-10H2,1H3/b18-12-. The SMILES string of the molecule is CCOc1ccc(O)c(/C=C2\SC(=O)N(CCOc3ccccc3Cl)C2=O)c1. The van der Waals surface area contributed by atoms with Crippen molar-refractivity contribution in [2.45, 2.75) is 6.92 Å². The van der Waals surface area contributed by atoms with Crippen molar-refractivity contribution in [1.29, 1.82) is 0 Å². The zero-order valence-electron chi connectivity index (χ0n) is 15.1. The van der Waals surface area contributed by atoms with Crippen molar-refractivity contribution in [3.05, 3.63) is 58.0 Å². The van der Waals surface area contributed by atoms with Gasteiger partial charge in [-0.1, -0.05) is 23.7 Å². The second kappa shape index (κ2) is 9.03. The molecule has 6 nitrogen and oxygen atoms in total. The summed E-state index contributed by atoms with van der Waals surface area (Å²) in [4.78, 5) is 26.1. The number of phenolic OH excluding ortho intramolecular Hbond substituents is 1. The van der Waals surface area contributed by atoms with Gasteiger partial charge in [-0.15, -0.1) is 0 Å². The van der Waals surface area contributed by atoms with Crippen LogP contribution < -0.4 is 9.47 Å². The molecule has 8 heteroatoms. The summed E-state index contributed by atoms with van der Waals surface area (Å²) in [5.41, 5.74) is 0.406. The van der Waals surface area contributed by atoms with Crippen LogP contribution in [0.4, 0.5) is 4.79 Å². The maximum atomic E-state index is 12.6. The van der Waals surface area contributed by atoms with Crippen LogP contribution in [0.2, 0.25) is 5.02 Å². The Bertz CT molecular complexity index is 931. The van der Waals surface area contributed by atoms with E-state index < -0.39 is 5.91 Å². The van der Waals surface area contributed by atoms with Crippen LogP contribution in [-0.2, 0) is 4.79 Å². The van der Waals surface area contributed by atoms with Crippen LogP contribution in [0.15, 0.2) is 47.4 Å². The Labute approximate surface area is 171 Å². The van der Waals surface area contributed by atoms with Crippen LogP contribution in [0, 0.1) is 0 Å². The minimum absolute atomic E-state index is 0.00250. The van der Waals surface area contributed by atoms with Crippen molar-refractivity contribution in [1.82, 2.24) is 4.90 Å². The first kappa shape index (κ1) is 20.1. The predicted molar refractivity (Wildman–Crippen MR) is 109 cm³/mol. The van der Waals surface area contributed by atoms with E-state index in [4.69, 9.17) is 21.1 Å². The largest absolute Gasteiger partial charge is 0.507 e. The number of rotatable bonds is 7. The summed E-state index contributed by atoms with van der Waals surface area (Å²) in [6.45, 7) is 2.55. The minimum Gasteiger partial charge on any atom is -0.507 e. The second-order valence-electron chi connectivity index (χ2n) is 5.77. The lowest BCUT2D eigenvalue weighted by Gasteiger charge is -2.13. The summed E-state index contributed by atoms with van der Waals surface area (Å²) in [6.07, 6.45) is 1.48. The third kappa shape index (κ3) is 4.61. The zero-order valence-corrected chi connectivity index (χ0v) is 16.6. The molecule has 0 unspecified atom stereocenters. The summed E-state index contributed by atoms with van der Waals surface area (Å²) in [5, 5.41) is 10.1. The van der Waals surface area contributed by atoms with Crippen molar-refractivity contribution in [2.75, 3.05) is 19.8 Å². The number of phenols is 1. The van der Waals surface area contributed by atoms with Crippen LogP contribution in [0.25, 0.3) is 6.08 Å². The number of nitrogens with zero attached hydrogens (tertiary/aromatic N) is 1. The lowest BCUT2D eigenvalue weighted by molar-refractivity contribution is -0.123. The van der Waals surface area contributed by atoms with Crippen molar-refractivity contribution in [3.8, 4) is 17.2 Å². The van der Waals surface area contributed by atoms with Crippen LogP contribution in [0.1, 0.15) is 12.5 Å². The molecule has 1 N–H and O–H groups in total. The smallest absolute Gasteiger partial charge is 0.293 e. The number of hydrogen-bond acceptors (Lipinski definition) is 6. The first-order valence-electron chi connectivity index (χ1n) is 8.58. The zero-order chi connectivity index (χ0) is 20.1. The van der Waals surface area contributed by atoms with E-state index in [9.17, 15) is 14.7 Å². The minimum atomic E-state index is -0.432. The van der Waals surface area contributed by atoms with Gasteiger partial charge in [0.05, 0.1) is 23.1 Å². The quantitative estimate of drug-likeness (QED) is 0.663. The third-order valence-corrected chi connectivity index (χ3v) is 5.10. The van der Waals surface area contributed by atoms with E-state index in [2.05, 4.69) is 0 Å². The molecule has 28 heavy (non-hydrogen) atoms. The van der Waals surface area contributed by atoms with Gasteiger partial charge in [0, 0.05) is 5.56 Å². The Morgan fingerprint density at radius 1 is 1.18 bits per heavy atom. The molecule has 0 bridgehead atoms. The maximum absolute atomic E-state index is 12.6. The number of carbonyl (C=O) groups is 2. The van der Waals surface area contributed by atoms with Gasteiger partial charge in [0.25, 0.3) is 11.1 Å². The van der Waals surface area contributed by atoms with Crippen LogP contribution >= 0.6 is 23.4 Å². The van der Waals surface area contributed by atoms with E-state index in [-0.39, 0.29) is 29.0 Å². The fourth-order valence-electron chi connectivity index (χ4n) is 2.55. The van der Waals surface area contributed by atoms with E-state index in [0.29, 0.717) is 28.7 Å². The Hall–Kier alpha value is -2.64. The highest BCUT2D eigenvalue weighted by atomic mass is 35.5. The first-order chi connectivity index (χ1) is 13.5. The number of thioether (sulfide) groups is 1. The summed E-state index contributed by atoms with van der Waals surface area (Å²) in [6, 6.07) is 11.7. The molecule has 0 aliphatic carbocycles. The first-order valence-corrected chi connectivity index (χ1v) is 9.77. The Kier molecular flexibility index (Phi) is 6.49. The molecule has 0 aromatic heterocycles. The molecular weight excluding hydrogens is 402 g/mol. The second-order valence-corrected chi connectivity index (χ2v) is 7.17. The van der Waals surface area contributed by atoms with Gasteiger partial charge in [-0.3, -0.25) is 14.5 Å². The van der Waals surface area contributed by atoms with Crippen molar-refractivity contribution in [2.24, 2.45) is 0 Å². The molecule has 0 radical (unpaired) electrons. The van der Waals surface area contributed by atoms with Gasteiger partial charge in [-0.2, -0.15) is 0 Å². The number of hydrogen-bond donors (Lipinski definition) is 1. The van der Waals surface area contributed by atoms with Crippen molar-refractivity contribution >= 4 is 40.6 Å². The average Bonchev–Trinajstić information content (AvgIpc) is 2.93. The summed E-state index contributed by atoms with van der Waals surface area (Å²) >= 11 is 6.84. The molecule has 0 saturated carbocycles. The van der Waals surface area contributed by atoms with E-state index in [0.717, 1.165) is 16.7 Å². The molecule has 146 valence electrons. The molecule has 1 saturated heterocycles. The number of carbonyl (C=O) groups excluding carboxylic acids is 2. The van der Waals surface area contributed by atoms with Crippen molar-refractivity contribution < 1.29 is 24.2 Å². The maximum Gasteiger partial charge on any atom is 0.293 e. The number of imide groups is 1. The molecular formula is C20H18ClNO5S. The lowest BCUT2D eigenvalue weighted by Crippen LogP contribution is -2.32. The van der Waals surface area contributed by atoms with E-state index in [1.165, 1.54) is 12.1 Å². The Balaban J connectivity index is 1.68. The molecule has 3 rings (SSSR count). The normalized spacial score (nSPS) is 15.4. The third-order valence-electron chi connectivity index (χ3n) is 3.88. The molecule has 2 amide bonds. The predicted octanol–water partition coefficient (Wildman–Crippen LogP) is 4.56. The molecule has 0 spiro atoms. The van der Waals surface area contributed by atoms with Crippen LogP contribution in [0.5, 0.6) is 17.2 Å². The van der Waals surface area contributed by atoms with Gasteiger partial charge in [-0.05, 0) is 55.1 Å². The molecule has 1 aliphatic heterocycles. The highest BCUT2D eigenvalue weighted by Gasteiger charge is 2.35. The summed E-state index contributed by atoms with van der Waals surface area (Å²) < 4.78 is 11.0.